The molecule has 0 saturated heterocycles. The van der Waals surface area contributed by atoms with Crippen LogP contribution in [0.4, 0.5) is 5.69 Å². The average molecular weight is 340 g/mol. The van der Waals surface area contributed by atoms with Crippen LogP contribution in [0.5, 0.6) is 5.75 Å². The lowest BCUT2D eigenvalue weighted by Crippen LogP contribution is -2.49. The molecule has 4 rings (SSSR count). The number of carbonyl (C=O) groups is 2. The summed E-state index contributed by atoms with van der Waals surface area (Å²) >= 11 is 0. The second-order valence-electron chi connectivity index (χ2n) is 6.46. The van der Waals surface area contributed by atoms with Crippen molar-refractivity contribution >= 4 is 17.5 Å². The first-order valence-corrected chi connectivity index (χ1v) is 8.56. The molecule has 1 N–H and O–H groups in total. The molecule has 0 bridgehead atoms. The van der Waals surface area contributed by atoms with Crippen LogP contribution in [0, 0.1) is 0 Å². The van der Waals surface area contributed by atoms with Crippen LogP contribution in [0.3, 0.4) is 0 Å². The molecule has 0 saturated carbocycles. The molecular weight excluding hydrogens is 320 g/mol. The van der Waals surface area contributed by atoms with Crippen molar-refractivity contribution in [3.05, 3.63) is 47.9 Å². The zero-order valence-electron chi connectivity index (χ0n) is 14.0. The molecular formula is C19H20N2O4. The van der Waals surface area contributed by atoms with E-state index in [9.17, 15) is 9.59 Å². The van der Waals surface area contributed by atoms with Gasteiger partial charge in [-0.2, -0.15) is 0 Å². The van der Waals surface area contributed by atoms with Gasteiger partial charge >= 0.3 is 0 Å². The number of nitrogens with one attached hydrogen (secondary N) is 1. The molecule has 130 valence electrons. The Balaban J connectivity index is 1.51. The highest BCUT2D eigenvalue weighted by Gasteiger charge is 2.33. The Hall–Kier alpha value is -2.76. The highest BCUT2D eigenvalue weighted by atomic mass is 16.5. The van der Waals surface area contributed by atoms with E-state index in [0.29, 0.717) is 11.4 Å². The fourth-order valence-corrected chi connectivity index (χ4v) is 3.54. The molecule has 1 aromatic heterocycles. The molecule has 1 aromatic carbocycles. The molecule has 2 unspecified atom stereocenters. The second kappa shape index (κ2) is 6.27. The number of fused-ring (bicyclic) bond motifs is 2. The average Bonchev–Trinajstić information content (AvgIpc) is 3.09. The van der Waals surface area contributed by atoms with E-state index in [4.69, 9.17) is 9.15 Å². The van der Waals surface area contributed by atoms with Gasteiger partial charge in [0, 0.05) is 12.0 Å². The summed E-state index contributed by atoms with van der Waals surface area (Å²) in [5.41, 5.74) is 1.68. The molecule has 25 heavy (non-hydrogen) atoms. The maximum absolute atomic E-state index is 12.6. The van der Waals surface area contributed by atoms with Gasteiger partial charge in [-0.05, 0) is 38.0 Å². The molecule has 0 spiro atoms. The lowest BCUT2D eigenvalue weighted by Gasteiger charge is -2.33. The van der Waals surface area contributed by atoms with Crippen LogP contribution in [-0.4, -0.2) is 24.5 Å². The molecule has 2 atom stereocenters. The van der Waals surface area contributed by atoms with Crippen molar-refractivity contribution in [2.45, 2.75) is 38.3 Å². The predicted molar refractivity (Wildman–Crippen MR) is 91.4 cm³/mol. The Morgan fingerprint density at radius 2 is 2.16 bits per heavy atom. The first-order valence-electron chi connectivity index (χ1n) is 8.56. The van der Waals surface area contributed by atoms with Crippen molar-refractivity contribution in [3.63, 3.8) is 0 Å². The van der Waals surface area contributed by atoms with Gasteiger partial charge in [0.15, 0.2) is 6.10 Å². The van der Waals surface area contributed by atoms with Crippen LogP contribution in [0.25, 0.3) is 0 Å². The van der Waals surface area contributed by atoms with E-state index in [1.807, 2.05) is 24.3 Å². The third-order valence-electron chi connectivity index (χ3n) is 4.76. The lowest BCUT2D eigenvalue weighted by atomic mass is 9.93. The second-order valence-corrected chi connectivity index (χ2v) is 6.46. The number of nitrogens with zero attached hydrogens (tertiary/aromatic N) is 1. The minimum Gasteiger partial charge on any atom is -0.479 e. The smallest absolute Gasteiger partial charge is 0.268 e. The predicted octanol–water partition coefficient (Wildman–Crippen LogP) is 2.59. The zero-order valence-corrected chi connectivity index (χ0v) is 14.0. The van der Waals surface area contributed by atoms with Gasteiger partial charge in [0.2, 0.25) is 5.91 Å². The van der Waals surface area contributed by atoms with E-state index in [1.165, 1.54) is 4.90 Å². The Labute approximate surface area is 145 Å². The molecule has 0 radical (unpaired) electrons. The van der Waals surface area contributed by atoms with Gasteiger partial charge in [-0.15, -0.1) is 0 Å². The number of carbonyl (C=O) groups excluding carboxylic acids is 2. The number of furan rings is 1. The number of ether oxygens (including phenoxy) is 1. The summed E-state index contributed by atoms with van der Waals surface area (Å²) in [6, 6.07) is 9.14. The fraction of sp³-hybridized carbons (Fsp3) is 0.368. The summed E-state index contributed by atoms with van der Waals surface area (Å²) in [4.78, 5) is 26.6. The first-order chi connectivity index (χ1) is 12.1. The standard InChI is InChI=1S/C19H20N2O4/c1-12-19(23)21(15-6-2-3-7-17(15)25-12)11-18(22)20-14-5-4-8-16-13(14)9-10-24-16/h2-3,6-7,9-10,12,14H,4-5,8,11H2,1H3,(H,20,22). The van der Waals surface area contributed by atoms with Crippen LogP contribution in [0.15, 0.2) is 41.0 Å². The van der Waals surface area contributed by atoms with Crippen molar-refractivity contribution in [1.82, 2.24) is 5.32 Å². The summed E-state index contributed by atoms with van der Waals surface area (Å²) in [5.74, 6) is 1.17. The lowest BCUT2D eigenvalue weighted by molar-refractivity contribution is -0.128. The number of rotatable bonds is 3. The van der Waals surface area contributed by atoms with Gasteiger partial charge in [0.05, 0.1) is 18.0 Å². The first kappa shape index (κ1) is 15.7. The maximum Gasteiger partial charge on any atom is 0.268 e. The van der Waals surface area contributed by atoms with Gasteiger partial charge in [-0.1, -0.05) is 12.1 Å². The van der Waals surface area contributed by atoms with Crippen LogP contribution >= 0.6 is 0 Å². The summed E-state index contributed by atoms with van der Waals surface area (Å²) in [6.45, 7) is 1.68. The molecule has 6 nitrogen and oxygen atoms in total. The van der Waals surface area contributed by atoms with E-state index in [2.05, 4.69) is 5.32 Å². The Morgan fingerprint density at radius 1 is 1.32 bits per heavy atom. The SMILES string of the molecule is CC1Oc2ccccc2N(CC(=O)NC2CCCc3occc32)C1=O. The van der Waals surface area contributed by atoms with Crippen molar-refractivity contribution in [2.75, 3.05) is 11.4 Å². The minimum absolute atomic E-state index is 0.0206. The van der Waals surface area contributed by atoms with E-state index in [0.717, 1.165) is 30.6 Å². The molecule has 2 amide bonds. The molecule has 2 aliphatic rings. The minimum atomic E-state index is -0.599. The van der Waals surface area contributed by atoms with Gasteiger partial charge in [-0.25, -0.2) is 0 Å². The molecule has 1 aliphatic heterocycles. The number of hydrogen-bond donors (Lipinski definition) is 1. The van der Waals surface area contributed by atoms with Gasteiger partial charge in [0.25, 0.3) is 5.91 Å². The quantitative estimate of drug-likeness (QED) is 0.932. The highest BCUT2D eigenvalue weighted by molar-refractivity contribution is 6.03. The third kappa shape index (κ3) is 2.88. The summed E-state index contributed by atoms with van der Waals surface area (Å²) in [7, 11) is 0. The van der Waals surface area contributed by atoms with Crippen molar-refractivity contribution < 1.29 is 18.7 Å². The van der Waals surface area contributed by atoms with E-state index >= 15 is 0 Å². The van der Waals surface area contributed by atoms with Crippen LogP contribution in [-0.2, 0) is 16.0 Å². The van der Waals surface area contributed by atoms with E-state index in [-0.39, 0.29) is 24.4 Å². The zero-order chi connectivity index (χ0) is 17.4. The molecule has 2 heterocycles. The number of amides is 2. The largest absolute Gasteiger partial charge is 0.479 e. The highest BCUT2D eigenvalue weighted by Crippen LogP contribution is 2.34. The normalized spacial score (nSPS) is 22.0. The van der Waals surface area contributed by atoms with E-state index < -0.39 is 6.10 Å². The Morgan fingerprint density at radius 3 is 3.04 bits per heavy atom. The van der Waals surface area contributed by atoms with Gasteiger partial charge in [-0.3, -0.25) is 14.5 Å². The maximum atomic E-state index is 12.6. The topological polar surface area (TPSA) is 71.8 Å². The molecule has 2 aromatic rings. The van der Waals surface area contributed by atoms with Crippen LogP contribution in [0.1, 0.15) is 37.1 Å². The number of para-hydroxylation sites is 2. The number of aryl methyl sites for hydroxylation is 1. The summed E-state index contributed by atoms with van der Waals surface area (Å²) in [6.07, 6.45) is 3.82. The van der Waals surface area contributed by atoms with Crippen LogP contribution < -0.4 is 15.0 Å². The number of hydrogen-bond acceptors (Lipinski definition) is 4. The third-order valence-corrected chi connectivity index (χ3v) is 4.76. The number of benzene rings is 1. The van der Waals surface area contributed by atoms with Gasteiger partial charge in [0.1, 0.15) is 18.1 Å². The summed E-state index contributed by atoms with van der Waals surface area (Å²) < 4.78 is 11.1. The Kier molecular flexibility index (Phi) is 3.95. The van der Waals surface area contributed by atoms with Gasteiger partial charge < -0.3 is 14.5 Å². The molecule has 0 fully saturated rings. The molecule has 6 heteroatoms. The number of anilines is 1. The van der Waals surface area contributed by atoms with Crippen LogP contribution in [0.2, 0.25) is 0 Å². The van der Waals surface area contributed by atoms with Crippen molar-refractivity contribution in [2.24, 2.45) is 0 Å². The monoisotopic (exact) mass is 340 g/mol. The summed E-state index contributed by atoms with van der Waals surface area (Å²) in [5, 5.41) is 3.04. The van der Waals surface area contributed by atoms with E-state index in [1.54, 1.807) is 19.3 Å². The van der Waals surface area contributed by atoms with Crippen molar-refractivity contribution in [1.29, 1.82) is 0 Å². The molecule has 1 aliphatic carbocycles. The fourth-order valence-electron chi connectivity index (χ4n) is 3.54. The Bertz CT molecular complexity index is 813. The van der Waals surface area contributed by atoms with Crippen molar-refractivity contribution in [3.8, 4) is 5.75 Å².